The van der Waals surface area contributed by atoms with Gasteiger partial charge in [0.05, 0.1) is 0 Å². The third-order valence-electron chi connectivity index (χ3n) is 3.64. The smallest absolute Gasteiger partial charge is 0.255 e. The van der Waals surface area contributed by atoms with E-state index in [0.717, 1.165) is 5.56 Å². The normalized spacial score (nSPS) is 10.7. The summed E-state index contributed by atoms with van der Waals surface area (Å²) in [6, 6.07) is 14.2. The monoisotopic (exact) mass is 347 g/mol. The van der Waals surface area contributed by atoms with E-state index >= 15 is 0 Å². The van der Waals surface area contributed by atoms with E-state index in [0.29, 0.717) is 34.4 Å². The highest BCUT2D eigenvalue weighted by Gasteiger charge is 2.11. The Morgan fingerprint density at radius 1 is 1.04 bits per heavy atom. The number of aromatic nitrogens is 6. The molecule has 4 aromatic rings. The van der Waals surface area contributed by atoms with Crippen LogP contribution in [0, 0.1) is 6.92 Å². The Hall–Kier alpha value is -3.88. The number of nitrogens with zero attached hydrogens (tertiary/aromatic N) is 5. The van der Waals surface area contributed by atoms with Crippen LogP contribution in [0.5, 0.6) is 0 Å². The van der Waals surface area contributed by atoms with Crippen molar-refractivity contribution in [2.75, 3.05) is 5.32 Å². The van der Waals surface area contributed by atoms with E-state index in [2.05, 4.69) is 36.1 Å². The summed E-state index contributed by atoms with van der Waals surface area (Å²) in [5.41, 5.74) is 2.62. The van der Waals surface area contributed by atoms with Gasteiger partial charge in [0.15, 0.2) is 0 Å². The molecule has 0 aliphatic heterocycles. The number of rotatable bonds is 4. The van der Waals surface area contributed by atoms with Crippen LogP contribution in [0.3, 0.4) is 0 Å². The second kappa shape index (κ2) is 6.55. The van der Waals surface area contributed by atoms with Crippen LogP contribution in [-0.2, 0) is 0 Å². The first kappa shape index (κ1) is 15.6. The quantitative estimate of drug-likeness (QED) is 0.581. The van der Waals surface area contributed by atoms with Crippen molar-refractivity contribution in [3.8, 4) is 22.8 Å². The summed E-state index contributed by atoms with van der Waals surface area (Å²) in [6.45, 7) is 1.71. The van der Waals surface area contributed by atoms with E-state index in [-0.39, 0.29) is 5.91 Å². The van der Waals surface area contributed by atoms with Crippen molar-refractivity contribution >= 4 is 11.6 Å². The zero-order valence-corrected chi connectivity index (χ0v) is 13.7. The Bertz CT molecular complexity index is 1040. The second-order valence-corrected chi connectivity index (χ2v) is 5.47. The largest absolute Gasteiger partial charge is 0.421 e. The molecule has 0 aliphatic rings. The van der Waals surface area contributed by atoms with Crippen LogP contribution in [0.4, 0.5) is 5.69 Å². The Morgan fingerprint density at radius 2 is 1.88 bits per heavy atom. The Labute approximate surface area is 147 Å². The molecule has 4 rings (SSSR count). The minimum absolute atomic E-state index is 0.240. The molecular formula is C17H13N7O2. The summed E-state index contributed by atoms with van der Waals surface area (Å²) in [5.74, 6) is 1.10. The van der Waals surface area contributed by atoms with Crippen LogP contribution in [0.15, 0.2) is 52.9 Å². The van der Waals surface area contributed by atoms with Gasteiger partial charge in [-0.3, -0.25) is 4.79 Å². The van der Waals surface area contributed by atoms with Crippen molar-refractivity contribution in [3.63, 3.8) is 0 Å². The molecule has 128 valence electrons. The molecule has 0 radical (unpaired) electrons. The van der Waals surface area contributed by atoms with Gasteiger partial charge in [0.1, 0.15) is 0 Å². The fraction of sp³-hybridized carbons (Fsp3) is 0.0588. The summed E-state index contributed by atoms with van der Waals surface area (Å²) in [4.78, 5) is 12.5. The minimum Gasteiger partial charge on any atom is -0.421 e. The van der Waals surface area contributed by atoms with Crippen molar-refractivity contribution in [1.82, 2.24) is 30.8 Å². The fourth-order valence-corrected chi connectivity index (χ4v) is 2.40. The van der Waals surface area contributed by atoms with Gasteiger partial charge in [-0.25, -0.2) is 0 Å². The first-order chi connectivity index (χ1) is 12.7. The molecule has 9 heteroatoms. The summed E-state index contributed by atoms with van der Waals surface area (Å²) in [5, 5.41) is 24.4. The molecule has 9 nitrogen and oxygen atoms in total. The number of hydrogen-bond donors (Lipinski definition) is 2. The zero-order chi connectivity index (χ0) is 17.9. The van der Waals surface area contributed by atoms with Crippen molar-refractivity contribution in [2.45, 2.75) is 6.92 Å². The van der Waals surface area contributed by atoms with Gasteiger partial charge in [-0.1, -0.05) is 6.07 Å². The number of carbonyl (C=O) groups is 1. The minimum atomic E-state index is -0.240. The number of benzene rings is 2. The maximum atomic E-state index is 12.5. The molecule has 2 aromatic heterocycles. The molecule has 0 unspecified atom stereocenters. The van der Waals surface area contributed by atoms with Gasteiger partial charge in [0.2, 0.25) is 17.6 Å². The van der Waals surface area contributed by atoms with Crippen LogP contribution in [0.2, 0.25) is 0 Å². The van der Waals surface area contributed by atoms with Gasteiger partial charge in [0.25, 0.3) is 5.91 Å². The van der Waals surface area contributed by atoms with Crippen molar-refractivity contribution in [2.24, 2.45) is 0 Å². The number of carbonyl (C=O) groups excluding carboxylic acids is 1. The van der Waals surface area contributed by atoms with Crippen LogP contribution < -0.4 is 5.32 Å². The van der Waals surface area contributed by atoms with Gasteiger partial charge in [-0.2, -0.15) is 5.21 Å². The lowest BCUT2D eigenvalue weighted by atomic mass is 10.1. The highest BCUT2D eigenvalue weighted by molar-refractivity contribution is 6.04. The third-order valence-corrected chi connectivity index (χ3v) is 3.64. The Morgan fingerprint density at radius 3 is 2.58 bits per heavy atom. The van der Waals surface area contributed by atoms with E-state index in [1.54, 1.807) is 49.4 Å². The summed E-state index contributed by atoms with van der Waals surface area (Å²) in [7, 11) is 0. The molecule has 1 amide bonds. The molecule has 2 heterocycles. The predicted molar refractivity (Wildman–Crippen MR) is 92.0 cm³/mol. The average Bonchev–Trinajstić information content (AvgIpc) is 3.34. The first-order valence-electron chi connectivity index (χ1n) is 7.75. The molecule has 0 aliphatic carbocycles. The lowest BCUT2D eigenvalue weighted by molar-refractivity contribution is 0.102. The van der Waals surface area contributed by atoms with Crippen molar-refractivity contribution in [3.05, 3.63) is 60.0 Å². The van der Waals surface area contributed by atoms with Gasteiger partial charge in [0, 0.05) is 29.3 Å². The van der Waals surface area contributed by atoms with Crippen LogP contribution in [0.1, 0.15) is 16.2 Å². The topological polar surface area (TPSA) is 122 Å². The third kappa shape index (κ3) is 3.18. The Kier molecular flexibility index (Phi) is 3.94. The number of amides is 1. The van der Waals surface area contributed by atoms with E-state index in [1.165, 1.54) is 0 Å². The molecular weight excluding hydrogens is 334 g/mol. The molecule has 2 aromatic carbocycles. The van der Waals surface area contributed by atoms with Crippen molar-refractivity contribution < 1.29 is 9.21 Å². The van der Waals surface area contributed by atoms with Gasteiger partial charge < -0.3 is 9.73 Å². The average molecular weight is 347 g/mol. The van der Waals surface area contributed by atoms with Gasteiger partial charge in [-0.15, -0.1) is 20.4 Å². The highest BCUT2D eigenvalue weighted by Crippen LogP contribution is 2.21. The summed E-state index contributed by atoms with van der Waals surface area (Å²) in [6.07, 6.45) is 0. The molecule has 0 spiro atoms. The number of tetrazole rings is 1. The van der Waals surface area contributed by atoms with E-state index in [4.69, 9.17) is 4.42 Å². The maximum absolute atomic E-state index is 12.5. The van der Waals surface area contributed by atoms with Crippen LogP contribution >= 0.6 is 0 Å². The molecule has 0 bridgehead atoms. The maximum Gasteiger partial charge on any atom is 0.255 e. The predicted octanol–water partition coefficient (Wildman–Crippen LogP) is 2.48. The summed E-state index contributed by atoms with van der Waals surface area (Å²) < 4.78 is 5.40. The lowest BCUT2D eigenvalue weighted by Crippen LogP contribution is -2.11. The van der Waals surface area contributed by atoms with E-state index in [1.807, 2.05) is 6.07 Å². The zero-order valence-electron chi connectivity index (χ0n) is 13.7. The first-order valence-corrected chi connectivity index (χ1v) is 7.75. The molecule has 0 atom stereocenters. The van der Waals surface area contributed by atoms with E-state index < -0.39 is 0 Å². The number of hydrogen-bond acceptors (Lipinski definition) is 7. The number of H-pyrrole nitrogens is 1. The number of aryl methyl sites for hydroxylation is 1. The molecule has 26 heavy (non-hydrogen) atoms. The summed E-state index contributed by atoms with van der Waals surface area (Å²) >= 11 is 0. The highest BCUT2D eigenvalue weighted by atomic mass is 16.4. The fourth-order valence-electron chi connectivity index (χ4n) is 2.40. The lowest BCUT2D eigenvalue weighted by Gasteiger charge is -2.06. The number of anilines is 1. The molecule has 2 N–H and O–H groups in total. The Balaban J connectivity index is 1.51. The van der Waals surface area contributed by atoms with Crippen molar-refractivity contribution in [1.29, 1.82) is 0 Å². The van der Waals surface area contributed by atoms with Crippen LogP contribution in [0.25, 0.3) is 22.8 Å². The van der Waals surface area contributed by atoms with Gasteiger partial charge >= 0.3 is 0 Å². The second-order valence-electron chi connectivity index (χ2n) is 5.47. The molecule has 0 saturated carbocycles. The van der Waals surface area contributed by atoms with E-state index in [9.17, 15) is 4.79 Å². The standard InChI is InChI=1S/C17H13N7O2/c1-10-19-22-17(26-10)13-4-2-3-12(9-13)16(25)18-14-7-5-11(6-8-14)15-20-23-24-21-15/h2-9H,1H3,(H,18,25)(H,20,21,23,24). The number of aromatic amines is 1. The SMILES string of the molecule is Cc1nnc(-c2cccc(C(=O)Nc3ccc(-c4nn[nH]n4)cc3)c2)o1. The van der Waals surface area contributed by atoms with Crippen LogP contribution in [-0.4, -0.2) is 36.7 Å². The number of nitrogens with one attached hydrogen (secondary N) is 2. The molecule has 0 fully saturated rings. The molecule has 0 saturated heterocycles. The van der Waals surface area contributed by atoms with Gasteiger partial charge in [-0.05, 0) is 47.7 Å².